The van der Waals surface area contributed by atoms with Crippen LogP contribution in [0, 0.1) is 5.82 Å². The predicted octanol–water partition coefficient (Wildman–Crippen LogP) is 3.09. The van der Waals surface area contributed by atoms with Crippen LogP contribution >= 0.6 is 15.9 Å². The molecular weight excluding hydrogens is 417 g/mol. The average Bonchev–Trinajstić information content (AvgIpc) is 2.54. The second-order valence-electron chi connectivity index (χ2n) is 5.12. The normalized spacial score (nSPS) is 12.6. The van der Waals surface area contributed by atoms with Crippen LogP contribution in [0.2, 0.25) is 0 Å². The molecule has 2 aromatic carbocycles. The van der Waals surface area contributed by atoms with Gasteiger partial charge in [0.1, 0.15) is 16.5 Å². The minimum atomic E-state index is -4.09. The van der Waals surface area contributed by atoms with Crippen molar-refractivity contribution in [2.45, 2.75) is 17.4 Å². The molecule has 1 unspecified atom stereocenters. The molecule has 0 aromatic heterocycles. The lowest BCUT2D eigenvalue weighted by Gasteiger charge is -2.19. The molecule has 0 saturated carbocycles. The number of hydrogen-bond acceptors (Lipinski definition) is 4. The van der Waals surface area contributed by atoms with E-state index in [2.05, 4.69) is 20.7 Å². The number of benzene rings is 2. The van der Waals surface area contributed by atoms with Gasteiger partial charge in [0.25, 0.3) is 0 Å². The van der Waals surface area contributed by atoms with Crippen LogP contribution in [0.5, 0.6) is 5.75 Å². The molecule has 0 amide bonds. The number of methoxy groups -OCH3 is 1. The van der Waals surface area contributed by atoms with E-state index in [4.69, 9.17) is 9.84 Å². The zero-order valence-electron chi connectivity index (χ0n) is 13.1. The highest BCUT2D eigenvalue weighted by atomic mass is 79.9. The van der Waals surface area contributed by atoms with E-state index in [1.165, 1.54) is 31.4 Å². The van der Waals surface area contributed by atoms with E-state index in [0.29, 0.717) is 10.0 Å². The molecule has 6 nitrogen and oxygen atoms in total. The van der Waals surface area contributed by atoms with Crippen molar-refractivity contribution in [1.82, 2.24) is 4.72 Å². The van der Waals surface area contributed by atoms with Gasteiger partial charge in [-0.1, -0.05) is 28.1 Å². The van der Waals surface area contributed by atoms with Gasteiger partial charge in [-0.15, -0.1) is 0 Å². The molecule has 0 fully saturated rings. The number of ether oxygens (including phenoxy) is 1. The molecule has 2 N–H and O–H groups in total. The van der Waals surface area contributed by atoms with Gasteiger partial charge in [-0.2, -0.15) is 0 Å². The summed E-state index contributed by atoms with van der Waals surface area (Å²) in [4.78, 5) is 11.0. The second-order valence-corrected chi connectivity index (χ2v) is 7.72. The second kappa shape index (κ2) is 7.94. The molecule has 2 rings (SSSR count). The highest BCUT2D eigenvalue weighted by Gasteiger charge is 2.26. The minimum Gasteiger partial charge on any atom is -0.495 e. The first kappa shape index (κ1) is 19.4. The summed E-state index contributed by atoms with van der Waals surface area (Å²) in [6.45, 7) is 0. The number of aliphatic carboxylic acids is 1. The number of hydrogen-bond donors (Lipinski definition) is 2. The van der Waals surface area contributed by atoms with Gasteiger partial charge in [0.05, 0.1) is 19.6 Å². The first-order valence-electron chi connectivity index (χ1n) is 7.06. The summed E-state index contributed by atoms with van der Waals surface area (Å²) < 4.78 is 46.4. The van der Waals surface area contributed by atoms with Crippen LogP contribution in [0.1, 0.15) is 18.0 Å². The van der Waals surface area contributed by atoms with E-state index in [9.17, 15) is 17.6 Å². The van der Waals surface area contributed by atoms with Gasteiger partial charge >= 0.3 is 5.97 Å². The molecule has 9 heteroatoms. The molecule has 0 aliphatic heterocycles. The van der Waals surface area contributed by atoms with E-state index in [1.807, 2.05) is 0 Å². The summed E-state index contributed by atoms with van der Waals surface area (Å²) in [5.74, 6) is -1.59. The zero-order chi connectivity index (χ0) is 18.6. The molecule has 0 aliphatic carbocycles. The van der Waals surface area contributed by atoms with Gasteiger partial charge in [0.2, 0.25) is 10.0 Å². The van der Waals surface area contributed by atoms with Gasteiger partial charge in [-0.3, -0.25) is 4.79 Å². The molecule has 1 atom stereocenters. The maximum absolute atomic E-state index is 13.1. The largest absolute Gasteiger partial charge is 0.495 e. The third-order valence-electron chi connectivity index (χ3n) is 3.36. The number of carbonyl (C=O) groups is 1. The van der Waals surface area contributed by atoms with Gasteiger partial charge in [-0.25, -0.2) is 17.5 Å². The topological polar surface area (TPSA) is 92.7 Å². The first-order valence-corrected chi connectivity index (χ1v) is 9.33. The Bertz CT molecular complexity index is 871. The SMILES string of the molecule is COc1ccc(Br)cc1S(=O)(=O)NC(CC(=O)O)c1ccc(F)cc1. The highest BCUT2D eigenvalue weighted by molar-refractivity contribution is 9.10. The van der Waals surface area contributed by atoms with Crippen molar-refractivity contribution in [1.29, 1.82) is 0 Å². The van der Waals surface area contributed by atoms with E-state index in [-0.39, 0.29) is 10.6 Å². The maximum atomic E-state index is 13.1. The highest BCUT2D eigenvalue weighted by Crippen LogP contribution is 2.29. The standard InChI is InChI=1S/C16H15BrFNO5S/c1-24-14-7-4-11(17)8-15(14)25(22,23)19-13(9-16(20)21)10-2-5-12(18)6-3-10/h2-8,13,19H,9H2,1H3,(H,20,21). The summed E-state index contributed by atoms with van der Waals surface area (Å²) in [6, 6.07) is 8.33. The smallest absolute Gasteiger partial charge is 0.305 e. The fourth-order valence-corrected chi connectivity index (χ4v) is 4.14. The Morgan fingerprint density at radius 1 is 1.28 bits per heavy atom. The third kappa shape index (κ3) is 5.00. The molecule has 0 saturated heterocycles. The Labute approximate surface area is 152 Å². The summed E-state index contributed by atoms with van der Waals surface area (Å²) >= 11 is 3.19. The van der Waals surface area contributed by atoms with E-state index >= 15 is 0 Å². The third-order valence-corrected chi connectivity index (χ3v) is 5.35. The molecule has 0 aliphatic rings. The minimum absolute atomic E-state index is 0.115. The van der Waals surface area contributed by atoms with Crippen molar-refractivity contribution in [3.8, 4) is 5.75 Å². The van der Waals surface area contributed by atoms with E-state index in [1.54, 1.807) is 6.07 Å². The summed E-state index contributed by atoms with van der Waals surface area (Å²) in [6.07, 6.45) is -0.499. The van der Waals surface area contributed by atoms with Gasteiger partial charge < -0.3 is 9.84 Å². The van der Waals surface area contributed by atoms with Crippen molar-refractivity contribution >= 4 is 31.9 Å². The lowest BCUT2D eigenvalue weighted by Crippen LogP contribution is -2.30. The lowest BCUT2D eigenvalue weighted by molar-refractivity contribution is -0.137. The number of carboxylic acid groups (broad SMARTS) is 1. The fourth-order valence-electron chi connectivity index (χ4n) is 2.21. The lowest BCUT2D eigenvalue weighted by atomic mass is 10.1. The molecule has 0 radical (unpaired) electrons. The molecule has 0 spiro atoms. The molecule has 134 valence electrons. The van der Waals surface area contributed by atoms with E-state index in [0.717, 1.165) is 12.1 Å². The molecule has 25 heavy (non-hydrogen) atoms. The van der Waals surface area contributed by atoms with Crippen molar-refractivity contribution in [3.05, 3.63) is 58.3 Å². The Balaban J connectivity index is 2.42. The number of sulfonamides is 1. The van der Waals surface area contributed by atoms with Crippen LogP contribution in [-0.2, 0) is 14.8 Å². The Morgan fingerprint density at radius 2 is 1.92 bits per heavy atom. The van der Waals surface area contributed by atoms with Gasteiger partial charge in [0, 0.05) is 4.47 Å². The van der Waals surface area contributed by atoms with Crippen LogP contribution in [0.15, 0.2) is 51.8 Å². The summed E-state index contributed by atoms with van der Waals surface area (Å²) in [7, 11) is -2.76. The van der Waals surface area contributed by atoms with Gasteiger partial charge in [-0.05, 0) is 35.9 Å². The van der Waals surface area contributed by atoms with Crippen LogP contribution in [-0.4, -0.2) is 26.6 Å². The molecule has 0 heterocycles. The summed E-state index contributed by atoms with van der Waals surface area (Å²) in [5.41, 5.74) is 0.335. The van der Waals surface area contributed by atoms with Crippen molar-refractivity contribution < 1.29 is 27.4 Å². The van der Waals surface area contributed by atoms with Crippen LogP contribution in [0.25, 0.3) is 0 Å². The van der Waals surface area contributed by atoms with Crippen molar-refractivity contribution in [2.75, 3.05) is 7.11 Å². The molecular formula is C16H15BrFNO5S. The monoisotopic (exact) mass is 431 g/mol. The Kier molecular flexibility index (Phi) is 6.15. The quantitative estimate of drug-likeness (QED) is 0.702. The Hall–Kier alpha value is -1.97. The zero-order valence-corrected chi connectivity index (χ0v) is 15.5. The maximum Gasteiger partial charge on any atom is 0.305 e. The summed E-state index contributed by atoms with van der Waals surface area (Å²) in [5, 5.41) is 9.07. The Morgan fingerprint density at radius 3 is 2.48 bits per heavy atom. The van der Waals surface area contributed by atoms with Crippen molar-refractivity contribution in [3.63, 3.8) is 0 Å². The number of carboxylic acids is 1. The number of nitrogens with one attached hydrogen (secondary N) is 1. The van der Waals surface area contributed by atoms with Crippen LogP contribution in [0.4, 0.5) is 4.39 Å². The van der Waals surface area contributed by atoms with Crippen LogP contribution < -0.4 is 9.46 Å². The average molecular weight is 432 g/mol. The predicted molar refractivity (Wildman–Crippen MR) is 92.4 cm³/mol. The number of halogens is 2. The van der Waals surface area contributed by atoms with Crippen molar-refractivity contribution in [2.24, 2.45) is 0 Å². The first-order chi connectivity index (χ1) is 11.7. The van der Waals surface area contributed by atoms with E-state index < -0.39 is 34.3 Å². The fraction of sp³-hybridized carbons (Fsp3) is 0.188. The molecule has 0 bridgehead atoms. The van der Waals surface area contributed by atoms with Crippen LogP contribution in [0.3, 0.4) is 0 Å². The number of rotatable bonds is 7. The van der Waals surface area contributed by atoms with Gasteiger partial charge in [0.15, 0.2) is 0 Å². The molecule has 2 aromatic rings.